The van der Waals surface area contributed by atoms with Crippen molar-refractivity contribution in [3.05, 3.63) is 29.8 Å². The van der Waals surface area contributed by atoms with Crippen LogP contribution in [0.3, 0.4) is 0 Å². The number of sulfonamides is 1. The standard InChI is InChI=1S/C13H18F2N2O3S/c1-13(2,3)16-11(18)8-17(4)21(19,20)12-9(14)6-5-7-10(12)15/h5-7H,8H2,1-4H3,(H,16,18). The molecule has 0 aliphatic rings. The number of benzene rings is 1. The van der Waals surface area contributed by atoms with Crippen LogP contribution in [0.25, 0.3) is 0 Å². The Kier molecular flexibility index (Phi) is 5.06. The lowest BCUT2D eigenvalue weighted by atomic mass is 10.1. The van der Waals surface area contributed by atoms with Gasteiger partial charge in [0.25, 0.3) is 0 Å². The quantitative estimate of drug-likeness (QED) is 0.914. The van der Waals surface area contributed by atoms with Crippen LogP contribution >= 0.6 is 0 Å². The van der Waals surface area contributed by atoms with Gasteiger partial charge in [0, 0.05) is 12.6 Å². The van der Waals surface area contributed by atoms with Gasteiger partial charge < -0.3 is 5.32 Å². The van der Waals surface area contributed by atoms with Crippen molar-refractivity contribution in [2.45, 2.75) is 31.2 Å². The normalized spacial score (nSPS) is 12.5. The maximum atomic E-state index is 13.6. The summed E-state index contributed by atoms with van der Waals surface area (Å²) >= 11 is 0. The second-order valence-corrected chi connectivity index (χ2v) is 7.59. The number of nitrogens with one attached hydrogen (secondary N) is 1. The molecule has 0 saturated carbocycles. The van der Waals surface area contributed by atoms with E-state index >= 15 is 0 Å². The van der Waals surface area contributed by atoms with E-state index in [1.807, 2.05) is 0 Å². The van der Waals surface area contributed by atoms with Crippen LogP contribution in [0.1, 0.15) is 20.8 Å². The Morgan fingerprint density at radius 2 is 1.71 bits per heavy atom. The van der Waals surface area contributed by atoms with Crippen LogP contribution in [-0.4, -0.2) is 37.8 Å². The summed E-state index contributed by atoms with van der Waals surface area (Å²) in [4.78, 5) is 10.7. The van der Waals surface area contributed by atoms with Gasteiger partial charge in [0.2, 0.25) is 15.9 Å². The first-order valence-electron chi connectivity index (χ1n) is 6.16. The third-order valence-electron chi connectivity index (χ3n) is 2.47. The molecular formula is C13H18F2N2O3S. The van der Waals surface area contributed by atoms with E-state index in [0.717, 1.165) is 25.2 Å². The average Bonchev–Trinajstić information content (AvgIpc) is 2.25. The molecule has 1 rings (SSSR count). The van der Waals surface area contributed by atoms with E-state index in [1.165, 1.54) is 0 Å². The number of amides is 1. The van der Waals surface area contributed by atoms with Gasteiger partial charge in [0.1, 0.15) is 11.6 Å². The minimum atomic E-state index is -4.43. The van der Waals surface area contributed by atoms with Gasteiger partial charge >= 0.3 is 0 Å². The molecule has 0 bridgehead atoms. The van der Waals surface area contributed by atoms with Crippen molar-refractivity contribution in [3.63, 3.8) is 0 Å². The molecule has 5 nitrogen and oxygen atoms in total. The molecule has 0 spiro atoms. The molecule has 0 aromatic heterocycles. The molecule has 0 aliphatic heterocycles. The fourth-order valence-corrected chi connectivity index (χ4v) is 2.86. The van der Waals surface area contributed by atoms with Crippen molar-refractivity contribution in [1.29, 1.82) is 0 Å². The Labute approximate surface area is 123 Å². The molecule has 0 heterocycles. The molecule has 8 heteroatoms. The molecule has 0 saturated heterocycles. The van der Waals surface area contributed by atoms with Gasteiger partial charge in [-0.05, 0) is 32.9 Å². The lowest BCUT2D eigenvalue weighted by Gasteiger charge is -2.23. The fraction of sp³-hybridized carbons (Fsp3) is 0.462. The summed E-state index contributed by atoms with van der Waals surface area (Å²) < 4.78 is 52.0. The third kappa shape index (κ3) is 4.47. The van der Waals surface area contributed by atoms with Gasteiger partial charge in [0.15, 0.2) is 4.90 Å². The number of nitrogens with zero attached hydrogens (tertiary/aromatic N) is 1. The number of hydrogen-bond acceptors (Lipinski definition) is 3. The van der Waals surface area contributed by atoms with Crippen LogP contribution in [0.4, 0.5) is 8.78 Å². The van der Waals surface area contributed by atoms with Crippen molar-refractivity contribution >= 4 is 15.9 Å². The van der Waals surface area contributed by atoms with Gasteiger partial charge in [-0.25, -0.2) is 17.2 Å². The molecule has 118 valence electrons. The summed E-state index contributed by atoms with van der Waals surface area (Å²) in [5.74, 6) is -2.96. The summed E-state index contributed by atoms with van der Waals surface area (Å²) in [6.45, 7) is 4.66. The summed E-state index contributed by atoms with van der Waals surface area (Å²) in [6, 6.07) is 2.76. The van der Waals surface area contributed by atoms with Crippen molar-refractivity contribution in [1.82, 2.24) is 9.62 Å². The van der Waals surface area contributed by atoms with E-state index in [9.17, 15) is 22.0 Å². The number of likely N-dealkylation sites (N-methyl/N-ethyl adjacent to an activating group) is 1. The summed E-state index contributed by atoms with van der Waals surface area (Å²) in [6.07, 6.45) is 0. The lowest BCUT2D eigenvalue weighted by Crippen LogP contribution is -2.46. The third-order valence-corrected chi connectivity index (χ3v) is 4.32. The molecule has 0 fully saturated rings. The highest BCUT2D eigenvalue weighted by Crippen LogP contribution is 2.21. The highest BCUT2D eigenvalue weighted by Gasteiger charge is 2.30. The van der Waals surface area contributed by atoms with Crippen LogP contribution in [0.15, 0.2) is 23.1 Å². The number of hydrogen-bond donors (Lipinski definition) is 1. The SMILES string of the molecule is CN(CC(=O)NC(C)(C)C)S(=O)(=O)c1c(F)cccc1F. The molecule has 1 aromatic rings. The largest absolute Gasteiger partial charge is 0.350 e. The van der Waals surface area contributed by atoms with Crippen molar-refractivity contribution in [3.8, 4) is 0 Å². The van der Waals surface area contributed by atoms with Gasteiger partial charge in [0.05, 0.1) is 6.54 Å². The first kappa shape index (κ1) is 17.5. The van der Waals surface area contributed by atoms with Gasteiger partial charge in [-0.2, -0.15) is 4.31 Å². The van der Waals surface area contributed by atoms with Crippen LogP contribution in [0, 0.1) is 11.6 Å². The fourth-order valence-electron chi connectivity index (χ4n) is 1.63. The molecule has 21 heavy (non-hydrogen) atoms. The van der Waals surface area contributed by atoms with Gasteiger partial charge in [-0.3, -0.25) is 4.79 Å². The zero-order valence-electron chi connectivity index (χ0n) is 12.3. The average molecular weight is 320 g/mol. The summed E-state index contributed by atoms with van der Waals surface area (Å²) in [7, 11) is -3.34. The van der Waals surface area contributed by atoms with Crippen LogP contribution in [0.5, 0.6) is 0 Å². The van der Waals surface area contributed by atoms with Crippen LogP contribution < -0.4 is 5.32 Å². The Bertz CT molecular complexity index is 619. The van der Waals surface area contributed by atoms with Crippen molar-refractivity contribution in [2.75, 3.05) is 13.6 Å². The summed E-state index contributed by atoms with van der Waals surface area (Å²) in [5.41, 5.74) is -0.537. The molecule has 0 atom stereocenters. The monoisotopic (exact) mass is 320 g/mol. The molecule has 1 aromatic carbocycles. The first-order chi connectivity index (χ1) is 9.45. The minimum Gasteiger partial charge on any atom is -0.350 e. The topological polar surface area (TPSA) is 66.5 Å². The molecule has 0 unspecified atom stereocenters. The van der Waals surface area contributed by atoms with Gasteiger partial charge in [-0.15, -0.1) is 0 Å². The zero-order valence-corrected chi connectivity index (χ0v) is 13.1. The Hall–Kier alpha value is -1.54. The van der Waals surface area contributed by atoms with E-state index in [-0.39, 0.29) is 0 Å². The summed E-state index contributed by atoms with van der Waals surface area (Å²) in [5, 5.41) is 2.57. The highest BCUT2D eigenvalue weighted by atomic mass is 32.2. The zero-order chi connectivity index (χ0) is 16.4. The first-order valence-corrected chi connectivity index (χ1v) is 7.60. The number of carbonyl (C=O) groups is 1. The predicted molar refractivity (Wildman–Crippen MR) is 74.1 cm³/mol. The highest BCUT2D eigenvalue weighted by molar-refractivity contribution is 7.89. The smallest absolute Gasteiger partial charge is 0.249 e. The molecule has 0 aliphatic carbocycles. The van der Waals surface area contributed by atoms with Gasteiger partial charge in [-0.1, -0.05) is 6.07 Å². The lowest BCUT2D eigenvalue weighted by molar-refractivity contribution is -0.122. The van der Waals surface area contributed by atoms with E-state index < -0.39 is 44.5 Å². The maximum Gasteiger partial charge on any atom is 0.249 e. The number of halogens is 2. The Balaban J connectivity index is 3.01. The van der Waals surface area contributed by atoms with E-state index in [0.29, 0.717) is 4.31 Å². The second-order valence-electron chi connectivity index (χ2n) is 5.61. The number of carbonyl (C=O) groups excluding carboxylic acids is 1. The minimum absolute atomic E-state index is 0.534. The van der Waals surface area contributed by atoms with E-state index in [1.54, 1.807) is 20.8 Å². The maximum absolute atomic E-state index is 13.6. The van der Waals surface area contributed by atoms with E-state index in [4.69, 9.17) is 0 Å². The second kappa shape index (κ2) is 6.07. The Morgan fingerprint density at radius 3 is 2.14 bits per heavy atom. The molecule has 0 radical (unpaired) electrons. The Morgan fingerprint density at radius 1 is 1.24 bits per heavy atom. The molecule has 1 N–H and O–H groups in total. The number of rotatable bonds is 4. The van der Waals surface area contributed by atoms with Crippen molar-refractivity contribution < 1.29 is 22.0 Å². The molecular weight excluding hydrogens is 302 g/mol. The molecule has 1 amide bonds. The predicted octanol–water partition coefficient (Wildman–Crippen LogP) is 1.50. The van der Waals surface area contributed by atoms with Crippen LogP contribution in [-0.2, 0) is 14.8 Å². The van der Waals surface area contributed by atoms with Crippen molar-refractivity contribution in [2.24, 2.45) is 0 Å². The van der Waals surface area contributed by atoms with E-state index in [2.05, 4.69) is 5.32 Å². The van der Waals surface area contributed by atoms with Crippen LogP contribution in [0.2, 0.25) is 0 Å².